The zero-order chi connectivity index (χ0) is 18.4. The molecule has 2 N–H and O–H groups in total. The van der Waals surface area contributed by atoms with Gasteiger partial charge in [-0.2, -0.15) is 0 Å². The first-order valence-electron chi connectivity index (χ1n) is 7.86. The molecule has 8 heteroatoms. The number of aliphatic hydroxyl groups excluding tert-OH is 1. The first kappa shape index (κ1) is 19.3. The fourth-order valence-corrected chi connectivity index (χ4v) is 2.84. The number of hydrogen-bond donors (Lipinski definition) is 2. The first-order valence-corrected chi connectivity index (χ1v) is 7.86. The largest absolute Gasteiger partial charge is 0.457 e. The maximum Gasteiger partial charge on any atom is 0.303 e. The van der Waals surface area contributed by atoms with E-state index < -0.39 is 43.2 Å². The van der Waals surface area contributed by atoms with Crippen molar-refractivity contribution >= 4 is 11.9 Å². The number of carbonyl (C=O) groups excluding carboxylic acids is 2. The molecule has 1 aromatic carbocycles. The molecular formula is C17H23NO7. The molecule has 0 saturated carbocycles. The van der Waals surface area contributed by atoms with E-state index in [4.69, 9.17) is 18.9 Å². The second-order valence-corrected chi connectivity index (χ2v) is 5.60. The zero-order valence-corrected chi connectivity index (χ0v) is 14.4. The Labute approximate surface area is 146 Å². The summed E-state index contributed by atoms with van der Waals surface area (Å²) in [6.07, 6.45) is -3.35. The highest BCUT2D eigenvalue weighted by molar-refractivity contribution is 5.94. The van der Waals surface area contributed by atoms with Gasteiger partial charge in [-0.25, -0.2) is 0 Å². The number of carbonyl (C=O) groups is 2. The summed E-state index contributed by atoms with van der Waals surface area (Å²) in [6.45, 7) is 0.859. The maximum absolute atomic E-state index is 12.5. The third-order valence-corrected chi connectivity index (χ3v) is 3.97. The fraction of sp³-hybridized carbons (Fsp3) is 0.529. The molecule has 8 nitrogen and oxygen atoms in total. The van der Waals surface area contributed by atoms with Crippen LogP contribution in [0.1, 0.15) is 17.3 Å². The van der Waals surface area contributed by atoms with E-state index in [-0.39, 0.29) is 5.91 Å². The summed E-state index contributed by atoms with van der Waals surface area (Å²) in [5, 5.41) is 12.3. The third kappa shape index (κ3) is 4.55. The van der Waals surface area contributed by atoms with Gasteiger partial charge in [0.15, 0.2) is 12.4 Å². The summed E-state index contributed by atoms with van der Waals surface area (Å²) in [5.41, 5.74) is 0.459. The van der Waals surface area contributed by atoms with Gasteiger partial charge in [-0.3, -0.25) is 9.59 Å². The minimum absolute atomic E-state index is 0.345. The van der Waals surface area contributed by atoms with Crippen LogP contribution in [-0.2, 0) is 23.7 Å². The standard InChI is InChI=1S/C17H23NO7/c1-10(20)24-14-12(9-19)25-17(23-3)13(15(14)22-2)18-16(21)11-7-5-4-6-8-11/h4-8,12-15,17,19H,9H2,1-3H3,(H,18,21)/t12-,13-,14-,15-,17-/m1/s1. The second-order valence-electron chi connectivity index (χ2n) is 5.60. The first-order chi connectivity index (χ1) is 12.0. The molecule has 25 heavy (non-hydrogen) atoms. The number of methoxy groups -OCH3 is 2. The summed E-state index contributed by atoms with van der Waals surface area (Å²) in [4.78, 5) is 23.9. The van der Waals surface area contributed by atoms with E-state index in [2.05, 4.69) is 5.32 Å². The van der Waals surface area contributed by atoms with Crippen molar-refractivity contribution in [2.75, 3.05) is 20.8 Å². The normalized spacial score (nSPS) is 29.0. The minimum atomic E-state index is -0.889. The van der Waals surface area contributed by atoms with E-state index in [1.165, 1.54) is 21.1 Å². The van der Waals surface area contributed by atoms with Crippen LogP contribution in [0.4, 0.5) is 0 Å². The number of esters is 1. The number of aliphatic hydroxyl groups is 1. The van der Waals surface area contributed by atoms with Gasteiger partial charge in [0.1, 0.15) is 18.2 Å². The molecule has 5 atom stereocenters. The van der Waals surface area contributed by atoms with Crippen LogP contribution in [0.25, 0.3) is 0 Å². The van der Waals surface area contributed by atoms with Gasteiger partial charge in [-0.15, -0.1) is 0 Å². The Morgan fingerprint density at radius 2 is 1.84 bits per heavy atom. The van der Waals surface area contributed by atoms with Gasteiger partial charge in [0.05, 0.1) is 6.61 Å². The van der Waals surface area contributed by atoms with E-state index in [1.54, 1.807) is 30.3 Å². The topological polar surface area (TPSA) is 103 Å². The Kier molecular flexibility index (Phi) is 6.89. The lowest BCUT2D eigenvalue weighted by atomic mass is 9.96. The van der Waals surface area contributed by atoms with E-state index >= 15 is 0 Å². The van der Waals surface area contributed by atoms with Gasteiger partial charge >= 0.3 is 5.97 Å². The van der Waals surface area contributed by atoms with Crippen LogP contribution in [0.15, 0.2) is 30.3 Å². The van der Waals surface area contributed by atoms with Crippen molar-refractivity contribution in [2.45, 2.75) is 37.6 Å². The van der Waals surface area contributed by atoms with Gasteiger partial charge < -0.3 is 29.4 Å². The predicted octanol–water partition coefficient (Wildman–Crippen LogP) is 0.0953. The van der Waals surface area contributed by atoms with Crippen LogP contribution in [-0.4, -0.2) is 68.5 Å². The molecule has 1 aromatic rings. The van der Waals surface area contributed by atoms with Crippen LogP contribution in [0.5, 0.6) is 0 Å². The molecule has 0 spiro atoms. The molecule has 138 valence electrons. The van der Waals surface area contributed by atoms with E-state index in [0.717, 1.165) is 0 Å². The molecule has 0 aliphatic carbocycles. The van der Waals surface area contributed by atoms with Crippen molar-refractivity contribution in [1.82, 2.24) is 5.32 Å². The maximum atomic E-state index is 12.5. The third-order valence-electron chi connectivity index (χ3n) is 3.97. The van der Waals surface area contributed by atoms with Gasteiger partial charge in [-0.1, -0.05) is 18.2 Å². The molecule has 0 aromatic heterocycles. The van der Waals surface area contributed by atoms with Crippen molar-refractivity contribution in [3.05, 3.63) is 35.9 Å². The van der Waals surface area contributed by atoms with Gasteiger partial charge in [0, 0.05) is 26.7 Å². The molecule has 1 amide bonds. The Balaban J connectivity index is 2.25. The highest BCUT2D eigenvalue weighted by atomic mass is 16.7. The van der Waals surface area contributed by atoms with Crippen molar-refractivity contribution in [3.63, 3.8) is 0 Å². The minimum Gasteiger partial charge on any atom is -0.457 e. The lowest BCUT2D eigenvalue weighted by Crippen LogP contribution is -2.66. The number of amides is 1. The van der Waals surface area contributed by atoms with E-state index in [1.807, 2.05) is 0 Å². The molecular weight excluding hydrogens is 330 g/mol. The summed E-state index contributed by atoms with van der Waals surface area (Å²) < 4.78 is 21.6. The van der Waals surface area contributed by atoms with Crippen molar-refractivity contribution < 1.29 is 33.6 Å². The van der Waals surface area contributed by atoms with Crippen LogP contribution in [0, 0.1) is 0 Å². The smallest absolute Gasteiger partial charge is 0.303 e. The summed E-state index contributed by atoms with van der Waals surface area (Å²) in [6, 6.07) is 7.90. The Hall–Kier alpha value is -2.00. The van der Waals surface area contributed by atoms with Gasteiger partial charge in [0.25, 0.3) is 5.91 Å². The number of rotatable bonds is 6. The highest BCUT2D eigenvalue weighted by Crippen LogP contribution is 2.26. The van der Waals surface area contributed by atoms with Crippen LogP contribution < -0.4 is 5.32 Å². The number of benzene rings is 1. The highest BCUT2D eigenvalue weighted by Gasteiger charge is 2.49. The van der Waals surface area contributed by atoms with Gasteiger partial charge in [-0.05, 0) is 12.1 Å². The SMILES string of the molecule is CO[C@@H]1O[C@H](CO)[C@@H](OC(C)=O)[C@H](OC)[C@H]1NC(=O)c1ccccc1. The molecule has 1 aliphatic heterocycles. The van der Waals surface area contributed by atoms with E-state index in [0.29, 0.717) is 5.56 Å². The average molecular weight is 353 g/mol. The molecule has 0 radical (unpaired) electrons. The van der Waals surface area contributed by atoms with Crippen molar-refractivity contribution in [1.29, 1.82) is 0 Å². The molecule has 1 aliphatic rings. The summed E-state index contributed by atoms with van der Waals surface area (Å²) in [7, 11) is 2.84. The predicted molar refractivity (Wildman–Crippen MR) is 86.8 cm³/mol. The average Bonchev–Trinajstić information content (AvgIpc) is 2.62. The van der Waals surface area contributed by atoms with Crippen LogP contribution in [0.2, 0.25) is 0 Å². The lowest BCUT2D eigenvalue weighted by molar-refractivity contribution is -0.269. The fourth-order valence-electron chi connectivity index (χ4n) is 2.84. The molecule has 1 fully saturated rings. The Morgan fingerprint density at radius 1 is 1.16 bits per heavy atom. The van der Waals surface area contributed by atoms with E-state index in [9.17, 15) is 14.7 Å². The molecule has 0 bridgehead atoms. The van der Waals surface area contributed by atoms with Crippen molar-refractivity contribution in [3.8, 4) is 0 Å². The zero-order valence-electron chi connectivity index (χ0n) is 14.4. The van der Waals surface area contributed by atoms with Crippen LogP contribution in [0.3, 0.4) is 0 Å². The number of ether oxygens (including phenoxy) is 4. The quantitative estimate of drug-likeness (QED) is 0.699. The Morgan fingerprint density at radius 3 is 2.36 bits per heavy atom. The molecule has 1 heterocycles. The van der Waals surface area contributed by atoms with Gasteiger partial charge in [0.2, 0.25) is 0 Å². The number of nitrogens with one attached hydrogen (secondary N) is 1. The number of hydrogen-bond acceptors (Lipinski definition) is 7. The molecule has 1 saturated heterocycles. The lowest BCUT2D eigenvalue weighted by Gasteiger charge is -2.44. The van der Waals surface area contributed by atoms with Crippen LogP contribution >= 0.6 is 0 Å². The summed E-state index contributed by atoms with van der Waals surface area (Å²) in [5.74, 6) is -0.888. The molecule has 0 unspecified atom stereocenters. The molecule has 2 rings (SSSR count). The summed E-state index contributed by atoms with van der Waals surface area (Å²) >= 11 is 0. The monoisotopic (exact) mass is 353 g/mol. The van der Waals surface area contributed by atoms with Crippen molar-refractivity contribution in [2.24, 2.45) is 0 Å². The second kappa shape index (κ2) is 8.91. The Bertz CT molecular complexity index is 580.